The molecule has 0 bridgehead atoms. The second-order valence-electron chi connectivity index (χ2n) is 7.47. The van der Waals surface area contributed by atoms with Crippen molar-refractivity contribution in [1.82, 2.24) is 9.62 Å². The largest absolute Gasteiger partial charge is 0.460 e. The molecule has 0 amide bonds. The van der Waals surface area contributed by atoms with Crippen LogP contribution in [0.2, 0.25) is 0 Å². The zero-order valence-electron chi connectivity index (χ0n) is 18.9. The van der Waals surface area contributed by atoms with E-state index in [0.29, 0.717) is 23.6 Å². The minimum absolute atomic E-state index is 0.00424. The molecule has 1 unspecified atom stereocenters. The van der Waals surface area contributed by atoms with Gasteiger partial charge in [-0.25, -0.2) is 17.5 Å². The number of non-ortho nitro benzene ring substituents is 1. The highest BCUT2D eigenvalue weighted by Crippen LogP contribution is 2.42. The molecule has 0 radical (unpaired) electrons. The third-order valence-electron chi connectivity index (χ3n) is 4.90. The van der Waals surface area contributed by atoms with Crippen LogP contribution >= 0.6 is 0 Å². The van der Waals surface area contributed by atoms with Gasteiger partial charge in [-0.15, -0.1) is 0 Å². The van der Waals surface area contributed by atoms with Crippen LogP contribution in [0.1, 0.15) is 38.7 Å². The number of sulfonamides is 1. The predicted molar refractivity (Wildman–Crippen MR) is 119 cm³/mol. The first-order valence-corrected chi connectivity index (χ1v) is 11.6. The quantitative estimate of drug-likeness (QED) is 0.241. The van der Waals surface area contributed by atoms with Crippen molar-refractivity contribution < 1.29 is 27.6 Å². The van der Waals surface area contributed by atoms with Gasteiger partial charge in [0, 0.05) is 44.2 Å². The molecule has 0 saturated heterocycles. The highest BCUT2D eigenvalue weighted by molar-refractivity contribution is 7.93. The summed E-state index contributed by atoms with van der Waals surface area (Å²) in [7, 11) is -1.22. The maximum atomic E-state index is 13.2. The fourth-order valence-electron chi connectivity index (χ4n) is 3.44. The zero-order valence-corrected chi connectivity index (χ0v) is 19.7. The topological polar surface area (TPSA) is 128 Å². The normalized spacial score (nSPS) is 16.9. The van der Waals surface area contributed by atoms with E-state index in [0.717, 1.165) is 10.7 Å². The third kappa shape index (κ3) is 5.53. The number of carbonyl (C=O) groups is 1. The molecule has 1 aliphatic rings. The van der Waals surface area contributed by atoms with Gasteiger partial charge in [0.05, 0.1) is 27.9 Å². The first-order chi connectivity index (χ1) is 15.0. The van der Waals surface area contributed by atoms with Gasteiger partial charge in [-0.1, -0.05) is 19.1 Å². The molecule has 10 nitrogen and oxygen atoms in total. The monoisotopic (exact) mass is 467 g/mol. The van der Waals surface area contributed by atoms with Crippen molar-refractivity contribution in [2.75, 3.05) is 33.9 Å². The summed E-state index contributed by atoms with van der Waals surface area (Å²) in [6.07, 6.45) is 0.826. The summed E-state index contributed by atoms with van der Waals surface area (Å²) >= 11 is 0. The highest BCUT2D eigenvalue weighted by Gasteiger charge is 2.41. The van der Waals surface area contributed by atoms with Crippen LogP contribution in [-0.4, -0.2) is 57.5 Å². The van der Waals surface area contributed by atoms with Crippen molar-refractivity contribution in [1.29, 1.82) is 0 Å². The number of esters is 1. The molecule has 0 fully saturated rings. The number of rotatable bonds is 10. The van der Waals surface area contributed by atoms with E-state index in [1.54, 1.807) is 19.9 Å². The van der Waals surface area contributed by atoms with Crippen LogP contribution in [0.4, 0.5) is 5.69 Å². The highest BCUT2D eigenvalue weighted by atomic mass is 32.2. The van der Waals surface area contributed by atoms with Crippen molar-refractivity contribution >= 4 is 21.7 Å². The van der Waals surface area contributed by atoms with Gasteiger partial charge in [-0.3, -0.25) is 10.1 Å². The lowest BCUT2D eigenvalue weighted by Crippen LogP contribution is -2.36. The van der Waals surface area contributed by atoms with E-state index in [4.69, 9.17) is 9.47 Å². The number of ether oxygens (including phenoxy) is 2. The number of nitro groups is 1. The van der Waals surface area contributed by atoms with Gasteiger partial charge in [0.15, 0.2) is 0 Å². The van der Waals surface area contributed by atoms with Crippen LogP contribution in [0, 0.1) is 10.1 Å². The molecule has 1 aromatic rings. The van der Waals surface area contributed by atoms with E-state index in [1.165, 1.54) is 32.3 Å². The van der Waals surface area contributed by atoms with Gasteiger partial charge in [-0.05, 0) is 25.8 Å². The van der Waals surface area contributed by atoms with E-state index >= 15 is 0 Å². The van der Waals surface area contributed by atoms with Crippen molar-refractivity contribution in [3.05, 3.63) is 61.8 Å². The number of hydrogen-bond acceptors (Lipinski definition) is 8. The number of nitrogens with zero attached hydrogens (tertiary/aromatic N) is 2. The molecule has 1 N–H and O–H groups in total. The average Bonchev–Trinajstić information content (AvgIpc) is 2.72. The van der Waals surface area contributed by atoms with Crippen molar-refractivity contribution in [3.8, 4) is 0 Å². The lowest BCUT2D eigenvalue weighted by Gasteiger charge is -2.32. The molecule has 0 spiro atoms. The number of allylic oxidation sites excluding steroid dienone is 3. The van der Waals surface area contributed by atoms with E-state index in [1.807, 2.05) is 6.92 Å². The van der Waals surface area contributed by atoms with Crippen LogP contribution < -0.4 is 5.32 Å². The number of nitro benzene ring substituents is 1. The molecule has 32 heavy (non-hydrogen) atoms. The van der Waals surface area contributed by atoms with Crippen LogP contribution in [0.3, 0.4) is 0 Å². The first-order valence-electron chi connectivity index (χ1n) is 10.1. The maximum absolute atomic E-state index is 13.2. The lowest BCUT2D eigenvalue weighted by molar-refractivity contribution is -0.384. The van der Waals surface area contributed by atoms with Crippen molar-refractivity contribution in [3.63, 3.8) is 0 Å². The Hall–Kier alpha value is -2.76. The van der Waals surface area contributed by atoms with Gasteiger partial charge in [-0.2, -0.15) is 0 Å². The lowest BCUT2D eigenvalue weighted by atomic mass is 9.86. The summed E-state index contributed by atoms with van der Waals surface area (Å²) in [6, 6.07) is 5.61. The molecular formula is C21H29N3O7S. The molecule has 1 atom stereocenters. The van der Waals surface area contributed by atoms with Crippen molar-refractivity contribution in [2.45, 2.75) is 33.1 Å². The summed E-state index contributed by atoms with van der Waals surface area (Å²) in [5.41, 5.74) is 0.909. The number of benzene rings is 1. The molecule has 0 aromatic heterocycles. The molecule has 0 saturated carbocycles. The van der Waals surface area contributed by atoms with Crippen LogP contribution in [0.15, 0.2) is 46.1 Å². The summed E-state index contributed by atoms with van der Waals surface area (Å²) in [4.78, 5) is 23.7. The average molecular weight is 468 g/mol. The van der Waals surface area contributed by atoms with E-state index in [-0.39, 0.29) is 29.4 Å². The Kier molecular flexibility index (Phi) is 8.53. The van der Waals surface area contributed by atoms with Crippen LogP contribution in [-0.2, 0) is 24.3 Å². The Morgan fingerprint density at radius 2 is 1.88 bits per heavy atom. The smallest absolute Gasteiger partial charge is 0.336 e. The standard InChI is InChI=1S/C21H29N3O7S/c1-6-10-30-11-12-31-21(25)18-14(2)22-15(3)20(32(28,29)23(4)5)19(18)16-8-7-9-17(13-16)24(26)27/h7-9,13,19,22H,6,10-12H2,1-5H3. The number of dihydropyridines is 1. The minimum atomic E-state index is -3.99. The van der Waals surface area contributed by atoms with E-state index < -0.39 is 26.8 Å². The molecule has 11 heteroatoms. The summed E-state index contributed by atoms with van der Waals surface area (Å²) in [5, 5.41) is 14.3. The SMILES string of the molecule is CCCOCCOC(=O)C1=C(C)NC(C)=C(S(=O)(=O)N(C)C)C1c1cccc([N+](=O)[O-])c1. The summed E-state index contributed by atoms with van der Waals surface area (Å²) in [6.45, 7) is 5.92. The second-order valence-corrected chi connectivity index (χ2v) is 9.59. The van der Waals surface area contributed by atoms with E-state index in [9.17, 15) is 23.3 Å². The Labute approximate surface area is 188 Å². The molecule has 1 aromatic carbocycles. The van der Waals surface area contributed by atoms with Gasteiger partial charge >= 0.3 is 5.97 Å². The van der Waals surface area contributed by atoms with Crippen molar-refractivity contribution in [2.24, 2.45) is 0 Å². The Morgan fingerprint density at radius 3 is 2.47 bits per heavy atom. The fraction of sp³-hybridized carbons (Fsp3) is 0.476. The summed E-state index contributed by atoms with van der Waals surface area (Å²) in [5.74, 6) is -1.79. The van der Waals surface area contributed by atoms with Crippen LogP contribution in [0.5, 0.6) is 0 Å². The maximum Gasteiger partial charge on any atom is 0.336 e. The number of carbonyl (C=O) groups excluding carboxylic acids is 1. The Morgan fingerprint density at radius 1 is 1.19 bits per heavy atom. The van der Waals surface area contributed by atoms with E-state index in [2.05, 4.69) is 5.32 Å². The second kappa shape index (κ2) is 10.7. The first kappa shape index (κ1) is 25.5. The van der Waals surface area contributed by atoms with Gasteiger partial charge in [0.2, 0.25) is 10.0 Å². The number of hydrogen-bond donors (Lipinski definition) is 1. The molecule has 0 aliphatic carbocycles. The van der Waals surface area contributed by atoms with Crippen LogP contribution in [0.25, 0.3) is 0 Å². The fourth-order valence-corrected chi connectivity index (χ4v) is 4.82. The zero-order chi connectivity index (χ0) is 24.1. The Bertz CT molecular complexity index is 1050. The predicted octanol–water partition coefficient (Wildman–Crippen LogP) is 2.65. The molecule has 176 valence electrons. The molecular weight excluding hydrogens is 438 g/mol. The molecule has 2 rings (SSSR count). The van der Waals surface area contributed by atoms with Gasteiger partial charge in [0.1, 0.15) is 6.61 Å². The third-order valence-corrected chi connectivity index (χ3v) is 6.96. The van der Waals surface area contributed by atoms with Gasteiger partial charge in [0.25, 0.3) is 5.69 Å². The molecule has 1 aliphatic heterocycles. The Balaban J connectivity index is 2.58. The summed E-state index contributed by atoms with van der Waals surface area (Å²) < 4.78 is 38.1. The molecule has 1 heterocycles. The van der Waals surface area contributed by atoms with Gasteiger partial charge < -0.3 is 14.8 Å². The minimum Gasteiger partial charge on any atom is -0.460 e. The number of nitrogens with one attached hydrogen (secondary N) is 1.